The Kier molecular flexibility index (Phi) is 6.25. The number of hydrogen-bond acceptors (Lipinski definition) is 4. The van der Waals surface area contributed by atoms with E-state index in [1.807, 2.05) is 72.8 Å². The molecule has 2 amide bonds. The van der Waals surface area contributed by atoms with Crippen molar-refractivity contribution in [1.82, 2.24) is 9.88 Å². The van der Waals surface area contributed by atoms with E-state index in [0.29, 0.717) is 17.0 Å². The Morgan fingerprint density at radius 1 is 0.872 bits per heavy atom. The number of para-hydroxylation sites is 1. The van der Waals surface area contributed by atoms with E-state index in [2.05, 4.69) is 10.3 Å². The van der Waals surface area contributed by atoms with Gasteiger partial charge in [0, 0.05) is 33.3 Å². The molecule has 0 aliphatic carbocycles. The molecule has 0 spiro atoms. The van der Waals surface area contributed by atoms with Crippen molar-refractivity contribution in [3.63, 3.8) is 0 Å². The number of aromatic nitrogens is 1. The van der Waals surface area contributed by atoms with Gasteiger partial charge in [-0.25, -0.2) is 0 Å². The number of ether oxygens (including phenoxy) is 2. The highest BCUT2D eigenvalue weighted by atomic mass is 16.5. The molecular weight excluding hydrogens is 490 g/mol. The molecule has 6 rings (SSSR count). The van der Waals surface area contributed by atoms with Crippen LogP contribution in [0.5, 0.6) is 11.5 Å². The van der Waals surface area contributed by atoms with Gasteiger partial charge in [-0.15, -0.1) is 0 Å². The molecule has 2 heterocycles. The van der Waals surface area contributed by atoms with Gasteiger partial charge in [0.15, 0.2) is 0 Å². The van der Waals surface area contributed by atoms with Crippen molar-refractivity contribution in [2.24, 2.45) is 0 Å². The summed E-state index contributed by atoms with van der Waals surface area (Å²) in [6.45, 7) is -0.110. The number of methoxy groups -OCH3 is 2. The highest BCUT2D eigenvalue weighted by Gasteiger charge is 2.41. The van der Waals surface area contributed by atoms with E-state index in [0.717, 1.165) is 39.0 Å². The summed E-state index contributed by atoms with van der Waals surface area (Å²) < 4.78 is 10.7. The molecule has 0 fully saturated rings. The average molecular weight is 518 g/mol. The van der Waals surface area contributed by atoms with Crippen LogP contribution in [0.4, 0.5) is 5.69 Å². The SMILES string of the molecule is COc1ccc(NC(=O)CN2C(=O)c3ccccc3C2c2c(-c3cccc(OC)c3)[nH]c3ccccc23)cc1. The molecule has 194 valence electrons. The fourth-order valence-electron chi connectivity index (χ4n) is 5.33. The normalized spacial score (nSPS) is 14.4. The highest BCUT2D eigenvalue weighted by Crippen LogP contribution is 2.45. The topological polar surface area (TPSA) is 83.7 Å². The lowest BCUT2D eigenvalue weighted by atomic mass is 9.93. The number of rotatable bonds is 7. The second kappa shape index (κ2) is 10.0. The number of nitrogens with one attached hydrogen (secondary N) is 2. The number of anilines is 1. The van der Waals surface area contributed by atoms with E-state index < -0.39 is 6.04 Å². The van der Waals surface area contributed by atoms with E-state index >= 15 is 0 Å². The van der Waals surface area contributed by atoms with Gasteiger partial charge in [-0.3, -0.25) is 9.59 Å². The summed E-state index contributed by atoms with van der Waals surface area (Å²) in [7, 11) is 3.23. The minimum Gasteiger partial charge on any atom is -0.497 e. The number of benzene rings is 4. The largest absolute Gasteiger partial charge is 0.497 e. The number of nitrogens with zero attached hydrogens (tertiary/aromatic N) is 1. The van der Waals surface area contributed by atoms with E-state index in [1.54, 1.807) is 43.4 Å². The van der Waals surface area contributed by atoms with Crippen molar-refractivity contribution < 1.29 is 19.1 Å². The molecule has 1 aromatic heterocycles. The molecule has 2 N–H and O–H groups in total. The van der Waals surface area contributed by atoms with Crippen molar-refractivity contribution in [3.05, 3.63) is 114 Å². The van der Waals surface area contributed by atoms with Gasteiger partial charge < -0.3 is 24.7 Å². The number of hydrogen-bond donors (Lipinski definition) is 2. The molecule has 0 saturated carbocycles. The summed E-state index contributed by atoms with van der Waals surface area (Å²) in [5.41, 5.74) is 5.80. The second-order valence-corrected chi connectivity index (χ2v) is 9.39. The van der Waals surface area contributed by atoms with E-state index in [1.165, 1.54) is 0 Å². The van der Waals surface area contributed by atoms with Gasteiger partial charge in [-0.2, -0.15) is 0 Å². The summed E-state index contributed by atoms with van der Waals surface area (Å²) in [6.07, 6.45) is 0. The Bertz CT molecular complexity index is 1690. The average Bonchev–Trinajstić information content (AvgIpc) is 3.48. The predicted molar refractivity (Wildman–Crippen MR) is 151 cm³/mol. The van der Waals surface area contributed by atoms with Crippen molar-refractivity contribution in [2.75, 3.05) is 26.1 Å². The number of carbonyl (C=O) groups excluding carboxylic acids is 2. The summed E-state index contributed by atoms with van der Waals surface area (Å²) in [4.78, 5) is 32.3. The van der Waals surface area contributed by atoms with Crippen molar-refractivity contribution in [1.29, 1.82) is 0 Å². The Labute approximate surface area is 226 Å². The summed E-state index contributed by atoms with van der Waals surface area (Å²) >= 11 is 0. The maximum absolute atomic E-state index is 13.8. The Morgan fingerprint density at radius 3 is 2.41 bits per heavy atom. The van der Waals surface area contributed by atoms with Crippen molar-refractivity contribution in [2.45, 2.75) is 6.04 Å². The van der Waals surface area contributed by atoms with Crippen LogP contribution in [0.3, 0.4) is 0 Å². The molecule has 1 aliphatic heterocycles. The molecular formula is C32H27N3O4. The quantitative estimate of drug-likeness (QED) is 0.276. The summed E-state index contributed by atoms with van der Waals surface area (Å²) in [5, 5.41) is 3.91. The first kappa shape index (κ1) is 24.3. The minimum absolute atomic E-state index is 0.110. The lowest BCUT2D eigenvalue weighted by Gasteiger charge is -2.26. The molecule has 7 nitrogen and oxygen atoms in total. The van der Waals surface area contributed by atoms with Gasteiger partial charge in [-0.05, 0) is 54.1 Å². The number of carbonyl (C=O) groups is 2. The molecule has 5 aromatic rings. The van der Waals surface area contributed by atoms with Crippen molar-refractivity contribution >= 4 is 28.4 Å². The number of fused-ring (bicyclic) bond motifs is 2. The number of amides is 2. The van der Waals surface area contributed by atoms with Gasteiger partial charge in [0.05, 0.1) is 26.0 Å². The van der Waals surface area contributed by atoms with Gasteiger partial charge in [0.25, 0.3) is 5.91 Å². The first-order valence-corrected chi connectivity index (χ1v) is 12.7. The second-order valence-electron chi connectivity index (χ2n) is 9.39. The van der Waals surface area contributed by atoms with E-state index in [-0.39, 0.29) is 18.4 Å². The summed E-state index contributed by atoms with van der Waals surface area (Å²) in [5.74, 6) is 0.967. The molecule has 39 heavy (non-hydrogen) atoms. The van der Waals surface area contributed by atoms with Crippen molar-refractivity contribution in [3.8, 4) is 22.8 Å². The van der Waals surface area contributed by atoms with E-state index in [4.69, 9.17) is 9.47 Å². The molecule has 1 aliphatic rings. The molecule has 0 saturated heterocycles. The molecule has 1 unspecified atom stereocenters. The zero-order valence-corrected chi connectivity index (χ0v) is 21.6. The standard InChI is InChI=1S/C32H27N3O4/c1-38-22-16-14-21(15-17-22)33-28(36)19-35-31(24-10-3-4-11-25(24)32(35)37)29-26-12-5-6-13-27(26)34-30(29)20-8-7-9-23(18-20)39-2/h3-18,31,34H,19H2,1-2H3,(H,33,36). The lowest BCUT2D eigenvalue weighted by Crippen LogP contribution is -2.36. The third kappa shape index (κ3) is 4.38. The van der Waals surface area contributed by atoms with Crippen LogP contribution in [0.15, 0.2) is 97.1 Å². The van der Waals surface area contributed by atoms with E-state index in [9.17, 15) is 9.59 Å². The highest BCUT2D eigenvalue weighted by molar-refractivity contribution is 6.05. The van der Waals surface area contributed by atoms with Gasteiger partial charge in [-0.1, -0.05) is 48.5 Å². The van der Waals surface area contributed by atoms with Gasteiger partial charge >= 0.3 is 0 Å². The Hall–Kier alpha value is -5.04. The maximum atomic E-state index is 13.8. The predicted octanol–water partition coefficient (Wildman–Crippen LogP) is 6.04. The zero-order chi connectivity index (χ0) is 26.9. The minimum atomic E-state index is -0.465. The van der Waals surface area contributed by atoms with Gasteiger partial charge in [0.2, 0.25) is 5.91 Å². The third-order valence-electron chi connectivity index (χ3n) is 7.12. The van der Waals surface area contributed by atoms with Crippen LogP contribution in [-0.4, -0.2) is 42.5 Å². The first-order chi connectivity index (χ1) is 19.1. The van der Waals surface area contributed by atoms with Gasteiger partial charge in [0.1, 0.15) is 18.0 Å². The molecule has 0 bridgehead atoms. The molecule has 4 aromatic carbocycles. The maximum Gasteiger partial charge on any atom is 0.255 e. The van der Waals surface area contributed by atoms with Crippen LogP contribution in [-0.2, 0) is 4.79 Å². The summed E-state index contributed by atoms with van der Waals surface area (Å²) in [6, 6.07) is 30.1. The number of H-pyrrole nitrogens is 1. The first-order valence-electron chi connectivity index (χ1n) is 12.7. The van der Waals surface area contributed by atoms with Crippen LogP contribution >= 0.6 is 0 Å². The lowest BCUT2D eigenvalue weighted by molar-refractivity contribution is -0.117. The molecule has 0 radical (unpaired) electrons. The molecule has 1 atom stereocenters. The smallest absolute Gasteiger partial charge is 0.255 e. The molecule has 7 heteroatoms. The zero-order valence-electron chi connectivity index (χ0n) is 21.6. The fraction of sp³-hybridized carbons (Fsp3) is 0.125. The fourth-order valence-corrected chi connectivity index (χ4v) is 5.33. The third-order valence-corrected chi connectivity index (χ3v) is 7.12. The Balaban J connectivity index is 1.45. The number of aromatic amines is 1. The Morgan fingerprint density at radius 2 is 1.62 bits per heavy atom. The van der Waals surface area contributed by atoms with Crippen LogP contribution in [0, 0.1) is 0 Å². The van der Waals surface area contributed by atoms with Crippen LogP contribution in [0.1, 0.15) is 27.5 Å². The monoisotopic (exact) mass is 517 g/mol. The van der Waals surface area contributed by atoms with Crippen LogP contribution in [0.25, 0.3) is 22.2 Å². The van der Waals surface area contributed by atoms with Crippen LogP contribution in [0.2, 0.25) is 0 Å². The van der Waals surface area contributed by atoms with Crippen LogP contribution < -0.4 is 14.8 Å².